The van der Waals surface area contributed by atoms with E-state index >= 15 is 0 Å². The standard InChI is InChI=1S/C22H21ClFN3O3S/c23-17-7-11-19(12-8-17)26-22(28)27(20-13-9-18(24)10-14-20)16-4-15-25-31(29,30)21-5-2-1-3-6-21/h1-3,5-14,25H,4,15-16H2,(H,26,28). The predicted octanol–water partition coefficient (Wildman–Crippen LogP) is 4.89. The van der Waals surface area contributed by atoms with Gasteiger partial charge in [0, 0.05) is 29.5 Å². The van der Waals surface area contributed by atoms with Gasteiger partial charge < -0.3 is 5.32 Å². The zero-order valence-electron chi connectivity index (χ0n) is 16.5. The second-order valence-electron chi connectivity index (χ2n) is 6.63. The highest BCUT2D eigenvalue weighted by Gasteiger charge is 2.17. The lowest BCUT2D eigenvalue weighted by Gasteiger charge is -2.23. The van der Waals surface area contributed by atoms with Crippen LogP contribution < -0.4 is 14.9 Å². The van der Waals surface area contributed by atoms with Crippen molar-refractivity contribution < 1.29 is 17.6 Å². The summed E-state index contributed by atoms with van der Waals surface area (Å²) in [5, 5.41) is 3.30. The molecule has 2 amide bonds. The quantitative estimate of drug-likeness (QED) is 0.469. The van der Waals surface area contributed by atoms with E-state index in [0.717, 1.165) is 0 Å². The van der Waals surface area contributed by atoms with E-state index in [9.17, 15) is 17.6 Å². The van der Waals surface area contributed by atoms with Gasteiger partial charge in [-0.2, -0.15) is 0 Å². The van der Waals surface area contributed by atoms with Crippen molar-refractivity contribution in [3.8, 4) is 0 Å². The Kier molecular flexibility index (Phi) is 7.62. The van der Waals surface area contributed by atoms with E-state index in [4.69, 9.17) is 11.6 Å². The van der Waals surface area contributed by atoms with Crippen molar-refractivity contribution in [1.29, 1.82) is 0 Å². The summed E-state index contributed by atoms with van der Waals surface area (Å²) in [4.78, 5) is 14.4. The molecular formula is C22H21ClFN3O3S. The van der Waals surface area contributed by atoms with Crippen molar-refractivity contribution >= 4 is 39.0 Å². The van der Waals surface area contributed by atoms with Crippen LogP contribution in [0.1, 0.15) is 6.42 Å². The zero-order valence-corrected chi connectivity index (χ0v) is 18.0. The Labute approximate surface area is 185 Å². The fourth-order valence-corrected chi connectivity index (χ4v) is 4.04. The first-order valence-electron chi connectivity index (χ1n) is 9.49. The molecule has 0 spiro atoms. The lowest BCUT2D eigenvalue weighted by atomic mass is 10.2. The first-order chi connectivity index (χ1) is 14.8. The number of nitrogens with zero attached hydrogens (tertiary/aromatic N) is 1. The molecule has 0 heterocycles. The second kappa shape index (κ2) is 10.4. The number of nitrogens with one attached hydrogen (secondary N) is 2. The minimum atomic E-state index is -3.63. The third kappa shape index (κ3) is 6.52. The van der Waals surface area contributed by atoms with Crippen molar-refractivity contribution in [3.05, 3.63) is 89.7 Å². The number of anilines is 2. The average molecular weight is 462 g/mol. The van der Waals surface area contributed by atoms with Crippen LogP contribution in [0.25, 0.3) is 0 Å². The summed E-state index contributed by atoms with van der Waals surface area (Å²) in [6.07, 6.45) is 0.345. The van der Waals surface area contributed by atoms with Gasteiger partial charge in [0.2, 0.25) is 10.0 Å². The number of benzene rings is 3. The predicted molar refractivity (Wildman–Crippen MR) is 120 cm³/mol. The van der Waals surface area contributed by atoms with Gasteiger partial charge in [0.15, 0.2) is 0 Å². The number of halogens is 2. The SMILES string of the molecule is O=C(Nc1ccc(Cl)cc1)N(CCCNS(=O)(=O)c1ccccc1)c1ccc(F)cc1. The first-order valence-corrected chi connectivity index (χ1v) is 11.4. The molecule has 0 fully saturated rings. The van der Waals surface area contributed by atoms with Crippen LogP contribution in [-0.2, 0) is 10.0 Å². The van der Waals surface area contributed by atoms with Crippen LogP contribution in [0.5, 0.6) is 0 Å². The van der Waals surface area contributed by atoms with Crippen LogP contribution in [-0.4, -0.2) is 27.5 Å². The van der Waals surface area contributed by atoms with E-state index in [1.807, 2.05) is 0 Å². The van der Waals surface area contributed by atoms with Crippen molar-refractivity contribution in [1.82, 2.24) is 4.72 Å². The molecule has 2 N–H and O–H groups in total. The van der Waals surface area contributed by atoms with E-state index in [2.05, 4.69) is 10.0 Å². The normalized spacial score (nSPS) is 11.2. The number of carbonyl (C=O) groups is 1. The molecule has 6 nitrogen and oxygen atoms in total. The van der Waals surface area contributed by atoms with Crippen LogP contribution >= 0.6 is 11.6 Å². The molecule has 3 aromatic rings. The van der Waals surface area contributed by atoms with Gasteiger partial charge in [-0.25, -0.2) is 22.3 Å². The third-order valence-electron chi connectivity index (χ3n) is 4.38. The average Bonchev–Trinajstić information content (AvgIpc) is 2.77. The van der Waals surface area contributed by atoms with E-state index < -0.39 is 21.9 Å². The van der Waals surface area contributed by atoms with E-state index in [0.29, 0.717) is 22.8 Å². The molecule has 3 aromatic carbocycles. The van der Waals surface area contributed by atoms with Gasteiger partial charge in [-0.1, -0.05) is 29.8 Å². The van der Waals surface area contributed by atoms with Gasteiger partial charge in [0.1, 0.15) is 5.82 Å². The molecule has 0 saturated carbocycles. The zero-order chi connectivity index (χ0) is 22.3. The summed E-state index contributed by atoms with van der Waals surface area (Å²) in [6.45, 7) is 0.339. The van der Waals surface area contributed by atoms with E-state index in [1.165, 1.54) is 41.3 Å². The first kappa shape index (κ1) is 22.7. The second-order valence-corrected chi connectivity index (χ2v) is 8.83. The Hall–Kier alpha value is -2.94. The van der Waals surface area contributed by atoms with Crippen LogP contribution in [0.15, 0.2) is 83.8 Å². The number of amides is 2. The number of rotatable bonds is 8. The fourth-order valence-electron chi connectivity index (χ4n) is 2.82. The molecule has 0 saturated heterocycles. The molecular weight excluding hydrogens is 441 g/mol. The highest BCUT2D eigenvalue weighted by molar-refractivity contribution is 7.89. The Morgan fingerprint density at radius 2 is 1.58 bits per heavy atom. The van der Waals surface area contributed by atoms with Crippen molar-refractivity contribution in [2.75, 3.05) is 23.3 Å². The Morgan fingerprint density at radius 3 is 2.23 bits per heavy atom. The summed E-state index contributed by atoms with van der Waals surface area (Å²) >= 11 is 5.87. The summed E-state index contributed by atoms with van der Waals surface area (Å²) in [5.74, 6) is -0.419. The maximum absolute atomic E-state index is 13.3. The molecule has 31 heavy (non-hydrogen) atoms. The van der Waals surface area contributed by atoms with Crippen molar-refractivity contribution in [3.63, 3.8) is 0 Å². The number of sulfonamides is 1. The third-order valence-corrected chi connectivity index (χ3v) is 6.11. The largest absolute Gasteiger partial charge is 0.326 e. The van der Waals surface area contributed by atoms with Gasteiger partial charge >= 0.3 is 6.03 Å². The van der Waals surface area contributed by atoms with Crippen LogP contribution in [0.2, 0.25) is 5.02 Å². The molecule has 0 aliphatic rings. The highest BCUT2D eigenvalue weighted by atomic mass is 35.5. The lowest BCUT2D eigenvalue weighted by molar-refractivity contribution is 0.257. The van der Waals surface area contributed by atoms with Crippen LogP contribution in [0.4, 0.5) is 20.6 Å². The Bertz CT molecular complexity index is 1110. The maximum atomic E-state index is 13.3. The summed E-state index contributed by atoms with van der Waals surface area (Å²) < 4.78 is 40.5. The van der Waals surface area contributed by atoms with E-state index in [-0.39, 0.29) is 18.0 Å². The molecule has 3 rings (SSSR count). The molecule has 0 aliphatic heterocycles. The van der Waals surface area contributed by atoms with Gasteiger partial charge in [-0.05, 0) is 67.1 Å². The van der Waals surface area contributed by atoms with Gasteiger partial charge in [-0.3, -0.25) is 4.90 Å². The van der Waals surface area contributed by atoms with E-state index in [1.54, 1.807) is 42.5 Å². The number of hydrogen-bond acceptors (Lipinski definition) is 3. The molecule has 0 aromatic heterocycles. The van der Waals surface area contributed by atoms with Crippen LogP contribution in [0.3, 0.4) is 0 Å². The summed E-state index contributed by atoms with van der Waals surface area (Å²) in [5.41, 5.74) is 1.03. The smallest absolute Gasteiger partial charge is 0.308 e. The van der Waals surface area contributed by atoms with Crippen molar-refractivity contribution in [2.24, 2.45) is 0 Å². The maximum Gasteiger partial charge on any atom is 0.326 e. The summed E-state index contributed by atoms with van der Waals surface area (Å²) in [7, 11) is -3.63. The minimum Gasteiger partial charge on any atom is -0.308 e. The lowest BCUT2D eigenvalue weighted by Crippen LogP contribution is -2.37. The molecule has 162 valence electrons. The topological polar surface area (TPSA) is 78.5 Å². The Balaban J connectivity index is 1.66. The minimum absolute atomic E-state index is 0.128. The number of hydrogen-bond donors (Lipinski definition) is 2. The van der Waals surface area contributed by atoms with Crippen LogP contribution in [0, 0.1) is 5.82 Å². The fraction of sp³-hybridized carbons (Fsp3) is 0.136. The number of urea groups is 1. The summed E-state index contributed by atoms with van der Waals surface area (Å²) in [6, 6.07) is 19.7. The molecule has 0 unspecified atom stereocenters. The van der Waals surface area contributed by atoms with Crippen molar-refractivity contribution in [2.45, 2.75) is 11.3 Å². The monoisotopic (exact) mass is 461 g/mol. The molecule has 0 atom stereocenters. The molecule has 0 bridgehead atoms. The Morgan fingerprint density at radius 1 is 0.935 bits per heavy atom. The molecule has 0 aliphatic carbocycles. The molecule has 0 radical (unpaired) electrons. The highest BCUT2D eigenvalue weighted by Crippen LogP contribution is 2.19. The van der Waals surface area contributed by atoms with Gasteiger partial charge in [-0.15, -0.1) is 0 Å². The van der Waals surface area contributed by atoms with Gasteiger partial charge in [0.25, 0.3) is 0 Å². The van der Waals surface area contributed by atoms with Gasteiger partial charge in [0.05, 0.1) is 4.90 Å². The molecule has 9 heteroatoms. The number of carbonyl (C=O) groups excluding carboxylic acids is 1.